The van der Waals surface area contributed by atoms with Gasteiger partial charge in [0.25, 0.3) is 0 Å². The van der Waals surface area contributed by atoms with E-state index in [-0.39, 0.29) is 5.02 Å². The quantitative estimate of drug-likeness (QED) is 0.424. The Labute approximate surface area is 185 Å². The first-order valence-electron chi connectivity index (χ1n) is 11.6. The molecule has 1 heterocycles. The van der Waals surface area contributed by atoms with Gasteiger partial charge in [-0.25, -0.2) is 4.39 Å². The minimum Gasteiger partial charge on any atom is -0.256 e. The Morgan fingerprint density at radius 1 is 0.967 bits per heavy atom. The molecule has 0 amide bonds. The first kappa shape index (κ1) is 21.6. The lowest BCUT2D eigenvalue weighted by Crippen LogP contribution is -2.25. The molecule has 2 aromatic rings. The summed E-state index contributed by atoms with van der Waals surface area (Å²) >= 11 is 5.77. The molecule has 160 valence electrons. The SMILES string of the molecule is C=CC1CCC(C2CCC(CCc3ccc(-c4ccc(Cl)c(F)c4)nc3)CC2)CC1. The normalized spacial score (nSPS) is 27.0. The van der Waals surface area contributed by atoms with E-state index in [4.69, 9.17) is 11.6 Å². The molecule has 1 aromatic heterocycles. The minimum atomic E-state index is -0.399. The molecule has 0 spiro atoms. The third-order valence-corrected chi connectivity index (χ3v) is 7.90. The zero-order valence-electron chi connectivity index (χ0n) is 17.8. The lowest BCUT2D eigenvalue weighted by Gasteiger charge is -2.37. The fourth-order valence-corrected chi connectivity index (χ4v) is 5.69. The average molecular weight is 426 g/mol. The lowest BCUT2D eigenvalue weighted by molar-refractivity contribution is 0.153. The predicted octanol–water partition coefficient (Wildman–Crippen LogP) is 8.27. The standard InChI is InChI=1S/C27H33ClFN/c1-2-19-5-10-22(11-6-19)23-12-7-20(8-13-23)3-4-21-9-16-27(30-18-21)24-14-15-25(28)26(29)17-24/h2,9,14-20,22-23H,1,3-8,10-13H2. The van der Waals surface area contributed by atoms with Gasteiger partial charge >= 0.3 is 0 Å². The monoisotopic (exact) mass is 425 g/mol. The molecule has 0 saturated heterocycles. The first-order chi connectivity index (χ1) is 14.6. The molecule has 0 aliphatic heterocycles. The van der Waals surface area contributed by atoms with Crippen LogP contribution < -0.4 is 0 Å². The van der Waals surface area contributed by atoms with Crippen molar-refractivity contribution in [1.29, 1.82) is 0 Å². The number of nitrogens with zero attached hydrogens (tertiary/aromatic N) is 1. The number of aromatic nitrogens is 1. The van der Waals surface area contributed by atoms with E-state index >= 15 is 0 Å². The molecule has 2 saturated carbocycles. The highest BCUT2D eigenvalue weighted by Gasteiger charge is 2.30. The Morgan fingerprint density at radius 3 is 2.27 bits per heavy atom. The van der Waals surface area contributed by atoms with E-state index in [1.807, 2.05) is 18.3 Å². The summed E-state index contributed by atoms with van der Waals surface area (Å²) in [6, 6.07) is 8.98. The van der Waals surface area contributed by atoms with Crippen molar-refractivity contribution >= 4 is 11.6 Å². The van der Waals surface area contributed by atoms with E-state index in [1.54, 1.807) is 6.07 Å². The largest absolute Gasteiger partial charge is 0.256 e. The molecule has 3 heteroatoms. The van der Waals surface area contributed by atoms with E-state index in [2.05, 4.69) is 23.7 Å². The fourth-order valence-electron chi connectivity index (χ4n) is 5.57. The number of halogens is 2. The molecule has 4 rings (SSSR count). The molecule has 0 N–H and O–H groups in total. The maximum absolute atomic E-state index is 13.7. The molecular weight excluding hydrogens is 393 g/mol. The van der Waals surface area contributed by atoms with Gasteiger partial charge in [-0.15, -0.1) is 6.58 Å². The number of rotatable bonds is 6. The van der Waals surface area contributed by atoms with Gasteiger partial charge in [0.2, 0.25) is 0 Å². The molecule has 30 heavy (non-hydrogen) atoms. The van der Waals surface area contributed by atoms with Crippen molar-refractivity contribution in [2.75, 3.05) is 0 Å². The Kier molecular flexibility index (Phi) is 7.25. The van der Waals surface area contributed by atoms with Gasteiger partial charge in [-0.05, 0) is 98.8 Å². The second kappa shape index (κ2) is 10.1. The Balaban J connectivity index is 1.23. The predicted molar refractivity (Wildman–Crippen MR) is 124 cm³/mol. The van der Waals surface area contributed by atoms with Crippen molar-refractivity contribution < 1.29 is 4.39 Å². The van der Waals surface area contributed by atoms with Crippen molar-refractivity contribution in [3.8, 4) is 11.3 Å². The highest BCUT2D eigenvalue weighted by molar-refractivity contribution is 6.30. The highest BCUT2D eigenvalue weighted by atomic mass is 35.5. The van der Waals surface area contributed by atoms with Gasteiger partial charge in [0.05, 0.1) is 10.7 Å². The van der Waals surface area contributed by atoms with E-state index in [9.17, 15) is 4.39 Å². The summed E-state index contributed by atoms with van der Waals surface area (Å²) in [4.78, 5) is 4.55. The summed E-state index contributed by atoms with van der Waals surface area (Å²) in [7, 11) is 0. The molecule has 0 atom stereocenters. The van der Waals surface area contributed by atoms with Crippen molar-refractivity contribution in [3.63, 3.8) is 0 Å². The summed E-state index contributed by atoms with van der Waals surface area (Å²) in [6.45, 7) is 3.98. The number of hydrogen-bond donors (Lipinski definition) is 0. The Morgan fingerprint density at radius 2 is 1.67 bits per heavy atom. The van der Waals surface area contributed by atoms with Crippen LogP contribution in [0, 0.1) is 29.5 Å². The van der Waals surface area contributed by atoms with E-state index in [1.165, 1.54) is 69.4 Å². The van der Waals surface area contributed by atoms with Crippen LogP contribution in [0.25, 0.3) is 11.3 Å². The molecule has 1 aromatic carbocycles. The van der Waals surface area contributed by atoms with Gasteiger partial charge in [0.15, 0.2) is 0 Å². The Hall–Kier alpha value is -1.67. The van der Waals surface area contributed by atoms with Crippen molar-refractivity contribution in [2.45, 2.75) is 64.2 Å². The average Bonchev–Trinajstić information content (AvgIpc) is 2.80. The van der Waals surface area contributed by atoms with Crippen LogP contribution in [0.4, 0.5) is 4.39 Å². The molecule has 0 bridgehead atoms. The van der Waals surface area contributed by atoms with Crippen molar-refractivity contribution in [1.82, 2.24) is 4.98 Å². The number of pyridine rings is 1. The summed E-state index contributed by atoms with van der Waals surface area (Å²) in [5.41, 5.74) is 2.84. The van der Waals surface area contributed by atoms with Crippen LogP contribution in [0.2, 0.25) is 5.02 Å². The highest BCUT2D eigenvalue weighted by Crippen LogP contribution is 2.42. The summed E-state index contributed by atoms with van der Waals surface area (Å²) < 4.78 is 13.7. The zero-order chi connectivity index (χ0) is 20.9. The van der Waals surface area contributed by atoms with Gasteiger partial charge in [0, 0.05) is 11.8 Å². The number of hydrogen-bond acceptors (Lipinski definition) is 1. The summed E-state index contributed by atoms with van der Waals surface area (Å²) in [5.74, 6) is 3.17. The summed E-state index contributed by atoms with van der Waals surface area (Å²) in [6.07, 6.45) is 17.6. The van der Waals surface area contributed by atoms with Crippen LogP contribution in [-0.2, 0) is 6.42 Å². The van der Waals surface area contributed by atoms with Crippen LogP contribution in [0.5, 0.6) is 0 Å². The topological polar surface area (TPSA) is 12.9 Å². The first-order valence-corrected chi connectivity index (χ1v) is 12.0. The molecule has 0 unspecified atom stereocenters. The van der Waals surface area contributed by atoms with Crippen LogP contribution in [-0.4, -0.2) is 4.98 Å². The van der Waals surface area contributed by atoms with Crippen LogP contribution in [0.1, 0.15) is 63.4 Å². The van der Waals surface area contributed by atoms with Gasteiger partial charge < -0.3 is 0 Å². The fraction of sp³-hybridized carbons (Fsp3) is 0.519. The van der Waals surface area contributed by atoms with Gasteiger partial charge in [-0.3, -0.25) is 4.98 Å². The third-order valence-electron chi connectivity index (χ3n) is 7.59. The van der Waals surface area contributed by atoms with E-state index in [0.29, 0.717) is 0 Å². The minimum absolute atomic E-state index is 0.148. The third kappa shape index (κ3) is 5.32. The second-order valence-electron chi connectivity index (χ2n) is 9.41. The zero-order valence-corrected chi connectivity index (χ0v) is 18.6. The maximum atomic E-state index is 13.7. The van der Waals surface area contributed by atoms with E-state index in [0.717, 1.165) is 41.3 Å². The molecular formula is C27H33ClFN. The van der Waals surface area contributed by atoms with Crippen LogP contribution in [0.15, 0.2) is 49.2 Å². The smallest absolute Gasteiger partial charge is 0.142 e. The van der Waals surface area contributed by atoms with E-state index < -0.39 is 5.82 Å². The number of aryl methyl sites for hydroxylation is 1. The number of allylic oxidation sites excluding steroid dienone is 1. The second-order valence-corrected chi connectivity index (χ2v) is 9.82. The lowest BCUT2D eigenvalue weighted by atomic mass is 9.68. The molecule has 2 fully saturated rings. The van der Waals surface area contributed by atoms with Crippen LogP contribution >= 0.6 is 11.6 Å². The summed E-state index contributed by atoms with van der Waals surface area (Å²) in [5, 5.41) is 0.148. The van der Waals surface area contributed by atoms with Crippen molar-refractivity contribution in [3.05, 3.63) is 65.6 Å². The Bertz CT molecular complexity index is 830. The molecule has 2 aliphatic rings. The van der Waals surface area contributed by atoms with Gasteiger partial charge in [-0.2, -0.15) is 0 Å². The molecule has 1 nitrogen and oxygen atoms in total. The van der Waals surface area contributed by atoms with Gasteiger partial charge in [-0.1, -0.05) is 42.7 Å². The maximum Gasteiger partial charge on any atom is 0.142 e. The van der Waals surface area contributed by atoms with Crippen molar-refractivity contribution in [2.24, 2.45) is 23.7 Å². The molecule has 2 aliphatic carbocycles. The number of benzene rings is 1. The molecule has 0 radical (unpaired) electrons. The van der Waals surface area contributed by atoms with Crippen LogP contribution in [0.3, 0.4) is 0 Å². The van der Waals surface area contributed by atoms with Gasteiger partial charge in [0.1, 0.15) is 5.82 Å².